The molecule has 7 nitrogen and oxygen atoms in total. The summed E-state index contributed by atoms with van der Waals surface area (Å²) in [5.41, 5.74) is 4.06. The lowest BCUT2D eigenvalue weighted by molar-refractivity contribution is -0.132. The van der Waals surface area contributed by atoms with Crippen LogP contribution in [0.2, 0.25) is 0 Å². The van der Waals surface area contributed by atoms with Gasteiger partial charge in [0, 0.05) is 5.69 Å². The molecule has 0 spiro atoms. The number of carbonyl (C=O) groups excluding carboxylic acids is 3. The summed E-state index contributed by atoms with van der Waals surface area (Å²) < 4.78 is 0. The zero-order chi connectivity index (χ0) is 22.7. The van der Waals surface area contributed by atoms with Crippen molar-refractivity contribution in [3.63, 3.8) is 0 Å². The molecule has 4 amide bonds. The van der Waals surface area contributed by atoms with Gasteiger partial charge in [0.2, 0.25) is 5.91 Å². The molecular weight excluding hydrogens is 406 g/mol. The van der Waals surface area contributed by atoms with E-state index in [1.165, 1.54) is 0 Å². The Hall–Kier alpha value is -3.97. The summed E-state index contributed by atoms with van der Waals surface area (Å²) in [7, 11) is 0. The molecule has 0 saturated carbocycles. The van der Waals surface area contributed by atoms with E-state index in [1.807, 2.05) is 43.3 Å². The standard InChI is InChI=1S/C25H23N3O4/c1-16-10-12-17(13-11-16)18-6-5-7-19(14-18)23(30)22-24(31)28(25(32)27-22)15-21(29)26-20-8-3-2-4-9-20/h2-14,22-23,30H,15H2,1H3,(H,26,29)(H,27,32). The molecule has 4 rings (SSSR count). The highest BCUT2D eigenvalue weighted by atomic mass is 16.3. The number of urea groups is 1. The van der Waals surface area contributed by atoms with Crippen LogP contribution in [0.15, 0.2) is 78.9 Å². The Morgan fingerprint density at radius 2 is 1.72 bits per heavy atom. The number of amides is 4. The van der Waals surface area contributed by atoms with Gasteiger partial charge in [0.15, 0.2) is 0 Å². The number of aliphatic hydroxyl groups is 1. The number of aryl methyl sites for hydroxylation is 1. The van der Waals surface area contributed by atoms with Crippen molar-refractivity contribution in [1.29, 1.82) is 0 Å². The molecule has 1 fully saturated rings. The first-order chi connectivity index (χ1) is 15.4. The summed E-state index contributed by atoms with van der Waals surface area (Å²) in [5, 5.41) is 16.0. The smallest absolute Gasteiger partial charge is 0.325 e. The number of imide groups is 1. The van der Waals surface area contributed by atoms with E-state index in [0.717, 1.165) is 21.6 Å². The topological polar surface area (TPSA) is 98.7 Å². The number of anilines is 1. The maximum Gasteiger partial charge on any atom is 0.325 e. The van der Waals surface area contributed by atoms with Crippen LogP contribution in [0.4, 0.5) is 10.5 Å². The van der Waals surface area contributed by atoms with Crippen molar-refractivity contribution < 1.29 is 19.5 Å². The lowest BCUT2D eigenvalue weighted by atomic mass is 9.97. The molecule has 0 radical (unpaired) electrons. The molecule has 7 heteroatoms. The van der Waals surface area contributed by atoms with E-state index in [-0.39, 0.29) is 0 Å². The van der Waals surface area contributed by atoms with Crippen LogP contribution in [0.5, 0.6) is 0 Å². The van der Waals surface area contributed by atoms with Crippen molar-refractivity contribution in [2.24, 2.45) is 0 Å². The molecule has 3 aromatic rings. The van der Waals surface area contributed by atoms with Crippen molar-refractivity contribution in [2.45, 2.75) is 19.1 Å². The third-order valence-corrected chi connectivity index (χ3v) is 5.34. The third-order valence-electron chi connectivity index (χ3n) is 5.34. The lowest BCUT2D eigenvalue weighted by Crippen LogP contribution is -2.39. The van der Waals surface area contributed by atoms with E-state index in [1.54, 1.807) is 42.5 Å². The summed E-state index contributed by atoms with van der Waals surface area (Å²) in [4.78, 5) is 38.3. The Kier molecular flexibility index (Phi) is 6.00. The summed E-state index contributed by atoms with van der Waals surface area (Å²) in [6.07, 6.45) is -1.25. The van der Waals surface area contributed by atoms with Gasteiger partial charge in [-0.3, -0.25) is 14.5 Å². The molecule has 2 unspecified atom stereocenters. The first kappa shape index (κ1) is 21.3. The SMILES string of the molecule is Cc1ccc(-c2cccc(C(O)C3NC(=O)N(CC(=O)Nc4ccccc4)C3=O)c2)cc1. The first-order valence-corrected chi connectivity index (χ1v) is 10.2. The second-order valence-electron chi connectivity index (χ2n) is 7.70. The molecule has 1 heterocycles. The number of nitrogens with zero attached hydrogens (tertiary/aromatic N) is 1. The number of benzene rings is 3. The van der Waals surface area contributed by atoms with Gasteiger partial charge < -0.3 is 15.7 Å². The fourth-order valence-electron chi connectivity index (χ4n) is 3.61. The predicted octanol–water partition coefficient (Wildman–Crippen LogP) is 3.25. The number of para-hydroxylation sites is 1. The first-order valence-electron chi connectivity index (χ1n) is 10.2. The van der Waals surface area contributed by atoms with Gasteiger partial charge in [-0.2, -0.15) is 0 Å². The molecule has 32 heavy (non-hydrogen) atoms. The Bertz CT molecular complexity index is 1150. The van der Waals surface area contributed by atoms with Gasteiger partial charge in [-0.05, 0) is 41.8 Å². The Labute approximate surface area is 185 Å². The number of nitrogens with one attached hydrogen (secondary N) is 2. The van der Waals surface area contributed by atoms with Crippen LogP contribution in [-0.4, -0.2) is 40.4 Å². The Balaban J connectivity index is 1.46. The molecule has 0 aliphatic carbocycles. The zero-order valence-electron chi connectivity index (χ0n) is 17.5. The quantitative estimate of drug-likeness (QED) is 0.524. The molecule has 0 aromatic heterocycles. The molecular formula is C25H23N3O4. The van der Waals surface area contributed by atoms with Crippen LogP contribution in [0, 0.1) is 6.92 Å². The van der Waals surface area contributed by atoms with Crippen LogP contribution in [0.1, 0.15) is 17.2 Å². The fraction of sp³-hybridized carbons (Fsp3) is 0.160. The summed E-state index contributed by atoms with van der Waals surface area (Å²) >= 11 is 0. The van der Waals surface area contributed by atoms with Gasteiger partial charge in [-0.15, -0.1) is 0 Å². The summed E-state index contributed by atoms with van der Waals surface area (Å²) in [6, 6.07) is 22.0. The van der Waals surface area contributed by atoms with E-state index >= 15 is 0 Å². The number of hydrogen-bond donors (Lipinski definition) is 3. The minimum atomic E-state index is -1.25. The number of aliphatic hydroxyl groups excluding tert-OH is 1. The monoisotopic (exact) mass is 429 g/mol. The van der Waals surface area contributed by atoms with Crippen molar-refractivity contribution in [3.05, 3.63) is 90.0 Å². The minimum absolute atomic E-state index is 0.438. The van der Waals surface area contributed by atoms with Crippen LogP contribution < -0.4 is 10.6 Å². The van der Waals surface area contributed by atoms with Crippen LogP contribution in [-0.2, 0) is 9.59 Å². The van der Waals surface area contributed by atoms with E-state index < -0.39 is 36.5 Å². The van der Waals surface area contributed by atoms with Gasteiger partial charge >= 0.3 is 6.03 Å². The van der Waals surface area contributed by atoms with Crippen molar-refractivity contribution in [2.75, 3.05) is 11.9 Å². The highest BCUT2D eigenvalue weighted by molar-refractivity contribution is 6.08. The van der Waals surface area contributed by atoms with Gasteiger partial charge in [-0.25, -0.2) is 4.79 Å². The Morgan fingerprint density at radius 1 is 1.00 bits per heavy atom. The molecule has 3 N–H and O–H groups in total. The van der Waals surface area contributed by atoms with E-state index in [2.05, 4.69) is 10.6 Å². The van der Waals surface area contributed by atoms with Gasteiger partial charge in [0.1, 0.15) is 18.7 Å². The summed E-state index contributed by atoms with van der Waals surface area (Å²) in [6.45, 7) is 1.57. The van der Waals surface area contributed by atoms with E-state index in [9.17, 15) is 19.5 Å². The molecule has 3 aromatic carbocycles. The van der Waals surface area contributed by atoms with Crippen molar-refractivity contribution >= 4 is 23.5 Å². The number of hydrogen-bond acceptors (Lipinski definition) is 4. The van der Waals surface area contributed by atoms with Crippen LogP contribution >= 0.6 is 0 Å². The van der Waals surface area contributed by atoms with Crippen molar-refractivity contribution in [1.82, 2.24) is 10.2 Å². The van der Waals surface area contributed by atoms with Gasteiger partial charge in [0.05, 0.1) is 0 Å². The molecule has 162 valence electrons. The van der Waals surface area contributed by atoms with Crippen LogP contribution in [0.3, 0.4) is 0 Å². The lowest BCUT2D eigenvalue weighted by Gasteiger charge is -2.18. The van der Waals surface area contributed by atoms with E-state index in [4.69, 9.17) is 0 Å². The molecule has 0 bridgehead atoms. The normalized spacial score (nSPS) is 16.6. The molecule has 1 aliphatic heterocycles. The average molecular weight is 429 g/mol. The highest BCUT2D eigenvalue weighted by Crippen LogP contribution is 2.27. The maximum atomic E-state index is 12.8. The molecule has 1 aliphatic rings. The molecule has 2 atom stereocenters. The minimum Gasteiger partial charge on any atom is -0.386 e. The van der Waals surface area contributed by atoms with Crippen molar-refractivity contribution in [3.8, 4) is 11.1 Å². The predicted molar refractivity (Wildman–Crippen MR) is 121 cm³/mol. The van der Waals surface area contributed by atoms with Gasteiger partial charge in [-0.1, -0.05) is 66.2 Å². The highest BCUT2D eigenvalue weighted by Gasteiger charge is 2.43. The second kappa shape index (κ2) is 9.03. The summed E-state index contributed by atoms with van der Waals surface area (Å²) in [5.74, 6) is -1.15. The van der Waals surface area contributed by atoms with E-state index in [0.29, 0.717) is 11.3 Å². The fourth-order valence-corrected chi connectivity index (χ4v) is 3.61. The van der Waals surface area contributed by atoms with Gasteiger partial charge in [0.25, 0.3) is 5.91 Å². The second-order valence-corrected chi connectivity index (χ2v) is 7.70. The zero-order valence-corrected chi connectivity index (χ0v) is 17.5. The number of carbonyl (C=O) groups is 3. The molecule has 1 saturated heterocycles. The maximum absolute atomic E-state index is 12.8. The Morgan fingerprint density at radius 3 is 2.44 bits per heavy atom. The largest absolute Gasteiger partial charge is 0.386 e. The van der Waals surface area contributed by atoms with Crippen LogP contribution in [0.25, 0.3) is 11.1 Å². The average Bonchev–Trinajstić information content (AvgIpc) is 3.08. The third kappa shape index (κ3) is 4.53. The number of rotatable bonds is 6.